The third-order valence-electron chi connectivity index (χ3n) is 2.97. The molecule has 0 radical (unpaired) electrons. The second kappa shape index (κ2) is 4.77. The van der Waals surface area contributed by atoms with E-state index < -0.39 is 0 Å². The van der Waals surface area contributed by atoms with Crippen LogP contribution in [0.2, 0.25) is 0 Å². The van der Waals surface area contributed by atoms with Crippen molar-refractivity contribution in [1.82, 2.24) is 0 Å². The fourth-order valence-electron chi connectivity index (χ4n) is 1.85. The Hall–Kier alpha value is -0.900. The Labute approximate surface area is 103 Å². The highest BCUT2D eigenvalue weighted by molar-refractivity contribution is 5.28. The Bertz CT molecular complexity index is 359. The largest absolute Gasteiger partial charge is 0.347 e. The molecule has 1 aromatic carbocycles. The van der Waals surface area contributed by atoms with Gasteiger partial charge in [0.1, 0.15) is 0 Å². The smallest absolute Gasteiger partial charge is 0.183 e. The second-order valence-corrected chi connectivity index (χ2v) is 5.63. The Morgan fingerprint density at radius 2 is 1.59 bits per heavy atom. The molecule has 0 saturated carbocycles. The number of ether oxygens (including phenoxy) is 2. The molecular formula is C14H21NO2. The summed E-state index contributed by atoms with van der Waals surface area (Å²) in [6.07, 6.45) is -0.260. The molecule has 0 unspecified atom stereocenters. The van der Waals surface area contributed by atoms with Crippen molar-refractivity contribution in [3.8, 4) is 0 Å². The summed E-state index contributed by atoms with van der Waals surface area (Å²) in [5.41, 5.74) is 8.26. The van der Waals surface area contributed by atoms with Gasteiger partial charge in [-0.15, -0.1) is 0 Å². The molecule has 1 aliphatic heterocycles. The predicted octanol–water partition coefficient (Wildman–Crippen LogP) is 2.36. The molecule has 1 fully saturated rings. The van der Waals surface area contributed by atoms with Gasteiger partial charge in [0.25, 0.3) is 0 Å². The van der Waals surface area contributed by atoms with Crippen LogP contribution in [0.5, 0.6) is 0 Å². The Morgan fingerprint density at radius 1 is 1.06 bits per heavy atom. The average molecular weight is 235 g/mol. The molecule has 1 heterocycles. The van der Waals surface area contributed by atoms with E-state index in [0.717, 1.165) is 5.56 Å². The molecule has 3 nitrogen and oxygen atoms in total. The molecule has 0 aliphatic carbocycles. The van der Waals surface area contributed by atoms with E-state index in [1.54, 1.807) is 0 Å². The molecule has 17 heavy (non-hydrogen) atoms. The molecule has 0 amide bonds. The number of nitrogens with two attached hydrogens (primary N) is 1. The van der Waals surface area contributed by atoms with E-state index in [2.05, 4.69) is 45.0 Å². The first-order valence-corrected chi connectivity index (χ1v) is 6.06. The van der Waals surface area contributed by atoms with Gasteiger partial charge in [0.15, 0.2) is 6.29 Å². The highest BCUT2D eigenvalue weighted by Crippen LogP contribution is 2.26. The minimum Gasteiger partial charge on any atom is -0.347 e. The third kappa shape index (κ3) is 3.06. The van der Waals surface area contributed by atoms with Crippen molar-refractivity contribution < 1.29 is 9.47 Å². The lowest BCUT2D eigenvalue weighted by Gasteiger charge is -2.28. The van der Waals surface area contributed by atoms with Crippen LogP contribution in [0.1, 0.15) is 38.2 Å². The van der Waals surface area contributed by atoms with Crippen molar-refractivity contribution in [2.24, 2.45) is 5.73 Å². The molecule has 0 atom stereocenters. The number of hydrogen-bond acceptors (Lipinski definition) is 3. The van der Waals surface area contributed by atoms with E-state index in [0.29, 0.717) is 13.2 Å². The lowest BCUT2D eigenvalue weighted by atomic mass is 9.87. The summed E-state index contributed by atoms with van der Waals surface area (Å²) < 4.78 is 11.1. The molecule has 1 aliphatic rings. The van der Waals surface area contributed by atoms with Crippen LogP contribution in [0.15, 0.2) is 24.3 Å². The first-order valence-electron chi connectivity index (χ1n) is 6.06. The molecule has 1 saturated heterocycles. The molecule has 3 heteroatoms. The van der Waals surface area contributed by atoms with Gasteiger partial charge in [-0.2, -0.15) is 0 Å². The van der Waals surface area contributed by atoms with Gasteiger partial charge >= 0.3 is 0 Å². The SMILES string of the molecule is CC(C)(C)c1ccc(C2OCC(N)CO2)cc1. The summed E-state index contributed by atoms with van der Waals surface area (Å²) in [4.78, 5) is 0. The topological polar surface area (TPSA) is 44.5 Å². The van der Waals surface area contributed by atoms with Gasteiger partial charge in [-0.1, -0.05) is 45.0 Å². The molecule has 0 spiro atoms. The van der Waals surface area contributed by atoms with Gasteiger partial charge in [0.05, 0.1) is 19.3 Å². The number of hydrogen-bond donors (Lipinski definition) is 1. The van der Waals surface area contributed by atoms with Crippen molar-refractivity contribution >= 4 is 0 Å². The zero-order valence-electron chi connectivity index (χ0n) is 10.8. The van der Waals surface area contributed by atoms with Crippen molar-refractivity contribution in [2.75, 3.05) is 13.2 Å². The Morgan fingerprint density at radius 3 is 2.06 bits per heavy atom. The van der Waals surface area contributed by atoms with Crippen LogP contribution in [-0.2, 0) is 14.9 Å². The van der Waals surface area contributed by atoms with Crippen LogP contribution in [0.4, 0.5) is 0 Å². The van der Waals surface area contributed by atoms with E-state index in [9.17, 15) is 0 Å². The summed E-state index contributed by atoms with van der Waals surface area (Å²) in [5.74, 6) is 0. The van der Waals surface area contributed by atoms with E-state index in [4.69, 9.17) is 15.2 Å². The fraction of sp³-hybridized carbons (Fsp3) is 0.571. The molecule has 0 aromatic heterocycles. The lowest BCUT2D eigenvalue weighted by Crippen LogP contribution is -2.37. The van der Waals surface area contributed by atoms with Crippen molar-refractivity contribution in [1.29, 1.82) is 0 Å². The van der Waals surface area contributed by atoms with Crippen LogP contribution in [-0.4, -0.2) is 19.3 Å². The van der Waals surface area contributed by atoms with Crippen LogP contribution in [0, 0.1) is 0 Å². The monoisotopic (exact) mass is 235 g/mol. The van der Waals surface area contributed by atoms with Gasteiger partial charge in [-0.3, -0.25) is 0 Å². The zero-order chi connectivity index (χ0) is 12.5. The second-order valence-electron chi connectivity index (χ2n) is 5.63. The van der Waals surface area contributed by atoms with Crippen molar-refractivity contribution in [3.63, 3.8) is 0 Å². The number of benzene rings is 1. The van der Waals surface area contributed by atoms with Gasteiger partial charge in [-0.25, -0.2) is 0 Å². The van der Waals surface area contributed by atoms with E-state index >= 15 is 0 Å². The van der Waals surface area contributed by atoms with Crippen LogP contribution in [0.3, 0.4) is 0 Å². The fourth-order valence-corrected chi connectivity index (χ4v) is 1.85. The molecule has 94 valence electrons. The number of rotatable bonds is 1. The van der Waals surface area contributed by atoms with Crippen LogP contribution in [0.25, 0.3) is 0 Å². The van der Waals surface area contributed by atoms with Gasteiger partial charge < -0.3 is 15.2 Å². The normalized spacial score (nSPS) is 25.9. The molecule has 2 rings (SSSR count). The van der Waals surface area contributed by atoms with Crippen LogP contribution >= 0.6 is 0 Å². The average Bonchev–Trinajstić information content (AvgIpc) is 2.29. The Kier molecular flexibility index (Phi) is 3.52. The summed E-state index contributed by atoms with van der Waals surface area (Å²) in [7, 11) is 0. The maximum absolute atomic E-state index is 5.71. The lowest BCUT2D eigenvalue weighted by molar-refractivity contribution is -0.189. The summed E-state index contributed by atoms with van der Waals surface area (Å²) >= 11 is 0. The maximum Gasteiger partial charge on any atom is 0.183 e. The van der Waals surface area contributed by atoms with E-state index in [1.165, 1.54) is 5.56 Å². The molecule has 1 aromatic rings. The molecular weight excluding hydrogens is 214 g/mol. The predicted molar refractivity (Wildman–Crippen MR) is 67.8 cm³/mol. The quantitative estimate of drug-likeness (QED) is 0.812. The molecule has 0 bridgehead atoms. The Balaban J connectivity index is 2.08. The van der Waals surface area contributed by atoms with Gasteiger partial charge in [-0.05, 0) is 11.0 Å². The first-order chi connectivity index (χ1) is 7.97. The standard InChI is InChI=1S/C14H21NO2/c1-14(2,3)11-6-4-10(5-7-11)13-16-8-12(15)9-17-13/h4-7,12-13H,8-9,15H2,1-3H3. The van der Waals surface area contributed by atoms with Crippen molar-refractivity contribution in [3.05, 3.63) is 35.4 Å². The minimum absolute atomic E-state index is 0.0000911. The third-order valence-corrected chi connectivity index (χ3v) is 2.97. The minimum atomic E-state index is -0.260. The summed E-state index contributed by atoms with van der Waals surface area (Å²) in [6, 6.07) is 8.41. The van der Waals surface area contributed by atoms with E-state index in [1.807, 2.05) is 0 Å². The maximum atomic E-state index is 5.71. The highest BCUT2D eigenvalue weighted by Gasteiger charge is 2.21. The van der Waals surface area contributed by atoms with E-state index in [-0.39, 0.29) is 17.7 Å². The summed E-state index contributed by atoms with van der Waals surface area (Å²) in [6.45, 7) is 7.73. The highest BCUT2D eigenvalue weighted by atomic mass is 16.7. The van der Waals surface area contributed by atoms with Crippen molar-refractivity contribution in [2.45, 2.75) is 38.5 Å². The van der Waals surface area contributed by atoms with Gasteiger partial charge in [0.2, 0.25) is 0 Å². The first kappa shape index (κ1) is 12.6. The molecule has 2 N–H and O–H groups in total. The summed E-state index contributed by atoms with van der Waals surface area (Å²) in [5, 5.41) is 0. The van der Waals surface area contributed by atoms with Gasteiger partial charge in [0, 0.05) is 5.56 Å². The zero-order valence-corrected chi connectivity index (χ0v) is 10.8. The van der Waals surface area contributed by atoms with Crippen LogP contribution < -0.4 is 5.73 Å².